The number of nitrogens with zero attached hydrogens (tertiary/aromatic N) is 1. The van der Waals surface area contributed by atoms with E-state index in [-0.39, 0.29) is 0 Å². The Morgan fingerprint density at radius 2 is 2.05 bits per heavy atom. The van der Waals surface area contributed by atoms with Crippen molar-refractivity contribution in [3.8, 4) is 5.75 Å². The minimum absolute atomic E-state index is 0.398. The number of hydrogen-bond acceptors (Lipinski definition) is 4. The molecular formula is C17H18N2OS. The van der Waals surface area contributed by atoms with E-state index in [1.807, 2.05) is 42.5 Å². The molecule has 3 rings (SSSR count). The van der Waals surface area contributed by atoms with Crippen molar-refractivity contribution in [1.82, 2.24) is 0 Å². The molecule has 1 aliphatic rings. The lowest BCUT2D eigenvalue weighted by atomic mass is 10.2. The van der Waals surface area contributed by atoms with Crippen molar-refractivity contribution in [2.45, 2.75) is 19.6 Å². The standard InChI is InChI=1S/C17H18N2OS/c1-13-12-21-17(18-13)19-15-8-5-9-16(10-15)20-11-14-6-3-2-4-7-14/h2-10,13H,11-12H2,1H3,(H,18,19). The molecule has 4 heteroatoms. The molecule has 0 saturated heterocycles. The van der Waals surface area contributed by atoms with Gasteiger partial charge in [0, 0.05) is 17.5 Å². The SMILES string of the molecule is CC1CSC(Nc2cccc(OCc3ccccc3)c2)=N1. The first-order valence-corrected chi connectivity index (χ1v) is 8.02. The molecule has 2 aromatic rings. The highest BCUT2D eigenvalue weighted by molar-refractivity contribution is 8.14. The Hall–Kier alpha value is -1.94. The highest BCUT2D eigenvalue weighted by atomic mass is 32.2. The maximum atomic E-state index is 5.83. The average Bonchev–Trinajstić information content (AvgIpc) is 2.92. The zero-order valence-electron chi connectivity index (χ0n) is 12.0. The van der Waals surface area contributed by atoms with Crippen LogP contribution in [-0.2, 0) is 6.61 Å². The van der Waals surface area contributed by atoms with Gasteiger partial charge in [0.05, 0.1) is 6.04 Å². The van der Waals surface area contributed by atoms with Crippen LogP contribution in [0.5, 0.6) is 5.75 Å². The normalized spacial score (nSPS) is 17.4. The van der Waals surface area contributed by atoms with Gasteiger partial charge in [-0.05, 0) is 24.6 Å². The maximum absolute atomic E-state index is 5.83. The lowest BCUT2D eigenvalue weighted by molar-refractivity contribution is 0.306. The first-order valence-electron chi connectivity index (χ1n) is 7.04. The summed E-state index contributed by atoms with van der Waals surface area (Å²) in [4.78, 5) is 4.53. The molecule has 0 spiro atoms. The van der Waals surface area contributed by atoms with Gasteiger partial charge in [0.1, 0.15) is 12.4 Å². The molecule has 0 amide bonds. The van der Waals surface area contributed by atoms with Crippen molar-refractivity contribution in [3.63, 3.8) is 0 Å². The van der Waals surface area contributed by atoms with Crippen LogP contribution in [0.4, 0.5) is 5.69 Å². The van der Waals surface area contributed by atoms with Crippen LogP contribution < -0.4 is 10.1 Å². The van der Waals surface area contributed by atoms with Crippen LogP contribution in [0.1, 0.15) is 12.5 Å². The molecular weight excluding hydrogens is 280 g/mol. The first kappa shape index (κ1) is 14.0. The van der Waals surface area contributed by atoms with Crippen molar-refractivity contribution >= 4 is 22.6 Å². The second-order valence-electron chi connectivity index (χ2n) is 5.02. The van der Waals surface area contributed by atoms with E-state index in [0.717, 1.165) is 22.4 Å². The third kappa shape index (κ3) is 4.02. The number of ether oxygens (including phenoxy) is 1. The van der Waals surface area contributed by atoms with Gasteiger partial charge < -0.3 is 10.1 Å². The van der Waals surface area contributed by atoms with Gasteiger partial charge in [-0.2, -0.15) is 0 Å². The fourth-order valence-electron chi connectivity index (χ4n) is 2.07. The summed E-state index contributed by atoms with van der Waals surface area (Å²) in [6, 6.07) is 18.6. The van der Waals surface area contributed by atoms with Crippen molar-refractivity contribution in [1.29, 1.82) is 0 Å². The van der Waals surface area contributed by atoms with E-state index in [2.05, 4.69) is 29.4 Å². The molecule has 0 aromatic heterocycles. The molecule has 0 saturated carbocycles. The van der Waals surface area contributed by atoms with Gasteiger partial charge in [0.25, 0.3) is 0 Å². The second kappa shape index (κ2) is 6.68. The van der Waals surface area contributed by atoms with Crippen molar-refractivity contribution in [2.24, 2.45) is 4.99 Å². The van der Waals surface area contributed by atoms with Gasteiger partial charge in [0.2, 0.25) is 0 Å². The molecule has 0 fully saturated rings. The largest absolute Gasteiger partial charge is 0.489 e. The van der Waals surface area contributed by atoms with Gasteiger partial charge in [-0.15, -0.1) is 0 Å². The molecule has 0 bridgehead atoms. The summed E-state index contributed by atoms with van der Waals surface area (Å²) in [6.45, 7) is 2.71. The first-order chi connectivity index (χ1) is 10.3. The van der Waals surface area contributed by atoms with Gasteiger partial charge in [-0.1, -0.05) is 48.2 Å². The smallest absolute Gasteiger partial charge is 0.161 e. The molecule has 1 atom stereocenters. The summed E-state index contributed by atoms with van der Waals surface area (Å²) in [5.74, 6) is 1.91. The minimum atomic E-state index is 0.398. The van der Waals surface area contributed by atoms with Crippen molar-refractivity contribution < 1.29 is 4.74 Å². The lowest BCUT2D eigenvalue weighted by Gasteiger charge is -2.09. The summed E-state index contributed by atoms with van der Waals surface area (Å²) >= 11 is 1.76. The predicted octanol–water partition coefficient (Wildman–Crippen LogP) is 4.17. The Balaban J connectivity index is 1.62. The summed E-state index contributed by atoms with van der Waals surface area (Å²) in [5, 5.41) is 4.33. The Labute approximate surface area is 129 Å². The monoisotopic (exact) mass is 298 g/mol. The molecule has 108 valence electrons. The zero-order valence-corrected chi connectivity index (χ0v) is 12.8. The molecule has 0 aliphatic carbocycles. The molecule has 2 aromatic carbocycles. The molecule has 3 nitrogen and oxygen atoms in total. The number of anilines is 1. The van der Waals surface area contributed by atoms with E-state index >= 15 is 0 Å². The Kier molecular flexibility index (Phi) is 4.46. The molecule has 1 aliphatic heterocycles. The van der Waals surface area contributed by atoms with E-state index in [4.69, 9.17) is 4.74 Å². The van der Waals surface area contributed by atoms with Crippen molar-refractivity contribution in [3.05, 3.63) is 60.2 Å². The van der Waals surface area contributed by atoms with Crippen LogP contribution in [0.2, 0.25) is 0 Å². The highest BCUT2D eigenvalue weighted by Gasteiger charge is 2.13. The van der Waals surface area contributed by atoms with Crippen LogP contribution >= 0.6 is 11.8 Å². The summed E-state index contributed by atoms with van der Waals surface area (Å²) in [7, 11) is 0. The van der Waals surface area contributed by atoms with Crippen LogP contribution in [0.25, 0.3) is 0 Å². The Morgan fingerprint density at radius 3 is 2.81 bits per heavy atom. The average molecular weight is 298 g/mol. The van der Waals surface area contributed by atoms with Crippen LogP contribution in [0.15, 0.2) is 59.6 Å². The number of rotatable bonds is 4. The number of thioether (sulfide) groups is 1. The third-order valence-electron chi connectivity index (χ3n) is 3.13. The number of hydrogen-bond donors (Lipinski definition) is 1. The van der Waals surface area contributed by atoms with E-state index in [1.165, 1.54) is 5.56 Å². The van der Waals surface area contributed by atoms with E-state index in [9.17, 15) is 0 Å². The van der Waals surface area contributed by atoms with Crippen LogP contribution in [0, 0.1) is 0 Å². The fraction of sp³-hybridized carbons (Fsp3) is 0.235. The van der Waals surface area contributed by atoms with Gasteiger partial charge in [-0.25, -0.2) is 0 Å². The van der Waals surface area contributed by atoms with Crippen molar-refractivity contribution in [2.75, 3.05) is 11.1 Å². The molecule has 1 N–H and O–H groups in total. The second-order valence-corrected chi connectivity index (χ2v) is 6.03. The van der Waals surface area contributed by atoms with Gasteiger partial charge >= 0.3 is 0 Å². The summed E-state index contributed by atoms with van der Waals surface area (Å²) in [5.41, 5.74) is 2.18. The van der Waals surface area contributed by atoms with Crippen LogP contribution in [-0.4, -0.2) is 17.0 Å². The highest BCUT2D eigenvalue weighted by Crippen LogP contribution is 2.23. The Bertz CT molecular complexity index is 628. The summed E-state index contributed by atoms with van der Waals surface area (Å²) in [6.07, 6.45) is 0. The summed E-state index contributed by atoms with van der Waals surface area (Å²) < 4.78 is 5.83. The van der Waals surface area contributed by atoms with E-state index in [0.29, 0.717) is 12.6 Å². The number of amidine groups is 1. The molecule has 0 radical (unpaired) electrons. The Morgan fingerprint density at radius 1 is 1.19 bits per heavy atom. The van der Waals surface area contributed by atoms with Gasteiger partial charge in [-0.3, -0.25) is 4.99 Å². The topological polar surface area (TPSA) is 33.6 Å². The van der Waals surface area contributed by atoms with Crippen LogP contribution in [0.3, 0.4) is 0 Å². The van der Waals surface area contributed by atoms with E-state index in [1.54, 1.807) is 11.8 Å². The molecule has 21 heavy (non-hydrogen) atoms. The third-order valence-corrected chi connectivity index (χ3v) is 4.26. The fourth-order valence-corrected chi connectivity index (χ4v) is 2.99. The zero-order chi connectivity index (χ0) is 14.5. The maximum Gasteiger partial charge on any atom is 0.161 e. The number of benzene rings is 2. The predicted molar refractivity (Wildman–Crippen MR) is 90.2 cm³/mol. The molecule has 1 unspecified atom stereocenters. The lowest BCUT2D eigenvalue weighted by Crippen LogP contribution is -2.05. The number of nitrogens with one attached hydrogen (secondary N) is 1. The molecule has 1 heterocycles. The number of aliphatic imine (C=N–C) groups is 1. The van der Waals surface area contributed by atoms with E-state index < -0.39 is 0 Å². The quantitative estimate of drug-likeness (QED) is 0.920. The minimum Gasteiger partial charge on any atom is -0.489 e. The van der Waals surface area contributed by atoms with Gasteiger partial charge in [0.15, 0.2) is 5.17 Å².